The van der Waals surface area contributed by atoms with Gasteiger partial charge in [0.1, 0.15) is 6.10 Å². The molecule has 6 heteroatoms. The van der Waals surface area contributed by atoms with Gasteiger partial charge in [-0.3, -0.25) is 9.59 Å². The van der Waals surface area contributed by atoms with Crippen LogP contribution in [-0.2, 0) is 14.3 Å². The Morgan fingerprint density at radius 2 is 0.903 bits per heavy atom. The number of nitrogens with one attached hydrogen (secondary N) is 1. The first kappa shape index (κ1) is 59.0. The summed E-state index contributed by atoms with van der Waals surface area (Å²) in [5.74, 6) is -0.713. The van der Waals surface area contributed by atoms with Gasteiger partial charge in [-0.2, -0.15) is 0 Å². The van der Waals surface area contributed by atoms with Crippen molar-refractivity contribution in [3.63, 3.8) is 0 Å². The quantitative estimate of drug-likeness (QED) is 0.0322. The van der Waals surface area contributed by atoms with Crippen LogP contribution >= 0.6 is 0 Å². The van der Waals surface area contributed by atoms with Gasteiger partial charge in [-0.15, -0.1) is 0 Å². The van der Waals surface area contributed by atoms with E-state index in [-0.39, 0.29) is 31.3 Å². The number of allylic oxidation sites excluding steroid dienone is 13. The maximum Gasteiger partial charge on any atom is 0.306 e. The molecule has 0 aliphatic heterocycles. The van der Waals surface area contributed by atoms with Crippen LogP contribution in [0.4, 0.5) is 0 Å². The lowest BCUT2D eigenvalue weighted by atomic mass is 10.0. The summed E-state index contributed by atoms with van der Waals surface area (Å²) in [6.07, 6.45) is 64.0. The topological polar surface area (TPSA) is 95.9 Å². The SMILES string of the molecule is CC/C=C/C/C=C/C/C=C/C/C=C/C/C=C/C(CC(=O)NC(CO)C(O)CCCCCCCCCCCCCCCCCC)OC(=O)CC/C=C/C/C=C\CCCCCCCC. The molecule has 0 saturated carbocycles. The van der Waals surface area contributed by atoms with E-state index in [0.717, 1.165) is 57.8 Å². The molecule has 0 radical (unpaired) electrons. The normalized spacial score (nSPS) is 14.0. The van der Waals surface area contributed by atoms with Gasteiger partial charge in [0.2, 0.25) is 5.91 Å². The van der Waals surface area contributed by atoms with Gasteiger partial charge < -0.3 is 20.3 Å². The summed E-state index contributed by atoms with van der Waals surface area (Å²) < 4.78 is 5.78. The highest BCUT2D eigenvalue weighted by molar-refractivity contribution is 5.78. The number of aliphatic hydroxyl groups is 2. The Morgan fingerprint density at radius 3 is 1.37 bits per heavy atom. The maximum atomic E-state index is 13.2. The molecule has 0 bridgehead atoms. The monoisotopic (exact) mass is 864 g/mol. The van der Waals surface area contributed by atoms with E-state index in [9.17, 15) is 19.8 Å². The van der Waals surface area contributed by atoms with Crippen molar-refractivity contribution in [2.24, 2.45) is 0 Å². The van der Waals surface area contributed by atoms with Gasteiger partial charge in [0.05, 0.1) is 25.2 Å². The largest absolute Gasteiger partial charge is 0.458 e. The Bertz CT molecular complexity index is 1200. The fourth-order valence-electron chi connectivity index (χ4n) is 7.33. The molecule has 3 N–H and O–H groups in total. The van der Waals surface area contributed by atoms with Crippen molar-refractivity contribution in [2.75, 3.05) is 6.61 Å². The van der Waals surface area contributed by atoms with Crippen molar-refractivity contribution >= 4 is 11.9 Å². The molecule has 0 aromatic rings. The molecule has 62 heavy (non-hydrogen) atoms. The van der Waals surface area contributed by atoms with Crippen molar-refractivity contribution in [1.29, 1.82) is 0 Å². The number of unbranched alkanes of at least 4 members (excludes halogenated alkanes) is 21. The summed E-state index contributed by atoms with van der Waals surface area (Å²) in [6.45, 7) is 6.31. The fraction of sp³-hybridized carbons (Fsp3) is 0.714. The van der Waals surface area contributed by atoms with Gasteiger partial charge in [0, 0.05) is 6.42 Å². The molecule has 0 heterocycles. The maximum absolute atomic E-state index is 13.2. The third-order valence-electron chi connectivity index (χ3n) is 11.2. The number of carbonyl (C=O) groups excluding carboxylic acids is 2. The molecular formula is C56H97NO5. The highest BCUT2D eigenvalue weighted by atomic mass is 16.5. The van der Waals surface area contributed by atoms with Crippen LogP contribution < -0.4 is 5.32 Å². The first-order valence-corrected chi connectivity index (χ1v) is 25.8. The van der Waals surface area contributed by atoms with E-state index in [4.69, 9.17) is 4.74 Å². The lowest BCUT2D eigenvalue weighted by Crippen LogP contribution is -2.46. The van der Waals surface area contributed by atoms with Gasteiger partial charge in [0.15, 0.2) is 0 Å². The zero-order valence-electron chi connectivity index (χ0n) is 40.5. The highest BCUT2D eigenvalue weighted by Gasteiger charge is 2.23. The van der Waals surface area contributed by atoms with Crippen molar-refractivity contribution in [3.8, 4) is 0 Å². The minimum atomic E-state index is -0.831. The predicted octanol–water partition coefficient (Wildman–Crippen LogP) is 15.6. The number of carbonyl (C=O) groups is 2. The molecule has 3 atom stereocenters. The molecule has 0 spiro atoms. The van der Waals surface area contributed by atoms with Crippen LogP contribution in [0.1, 0.15) is 233 Å². The minimum Gasteiger partial charge on any atom is -0.458 e. The van der Waals surface area contributed by atoms with Crippen molar-refractivity contribution in [2.45, 2.75) is 251 Å². The van der Waals surface area contributed by atoms with Crippen molar-refractivity contribution in [1.82, 2.24) is 5.32 Å². The summed E-state index contributed by atoms with van der Waals surface area (Å²) in [4.78, 5) is 26.0. The summed E-state index contributed by atoms with van der Waals surface area (Å²) in [5.41, 5.74) is 0. The number of esters is 1. The van der Waals surface area contributed by atoms with E-state index < -0.39 is 18.2 Å². The molecule has 0 rings (SSSR count). The molecule has 1 amide bonds. The van der Waals surface area contributed by atoms with Crippen LogP contribution in [0.25, 0.3) is 0 Å². The van der Waals surface area contributed by atoms with E-state index in [1.54, 1.807) is 6.08 Å². The second-order valence-electron chi connectivity index (χ2n) is 17.2. The summed E-state index contributed by atoms with van der Waals surface area (Å²) in [6, 6.07) is -0.756. The third kappa shape index (κ3) is 43.7. The van der Waals surface area contributed by atoms with Crippen molar-refractivity contribution < 1.29 is 24.5 Å². The standard InChI is InChI=1S/C56H97NO5/c1-4-7-10-13-16-19-22-25-27-28-31-33-36-39-42-45-48-54(59)53(51-58)57-55(60)50-52(47-44-41-38-35-32-30-26-23-20-17-14-11-8-5-2)62-56(61)49-46-43-40-37-34-29-24-21-18-15-12-9-6-3/h8,11,17,20,26,29-30,34-35,38,40,43-44,47,52-54,58-59H,4-7,9-10,12-16,18-19,21-25,27-28,31-33,36-37,39,41-42,45-46,48-51H2,1-3H3,(H,57,60)/b11-8+,20-17+,30-26+,34-29-,38-35+,43-40+,47-44+. The molecular weight excluding hydrogens is 767 g/mol. The molecule has 0 aromatic carbocycles. The first-order chi connectivity index (χ1) is 30.5. The Kier molecular flexibility index (Phi) is 46.7. The molecule has 0 fully saturated rings. The van der Waals surface area contributed by atoms with Gasteiger partial charge in [-0.1, -0.05) is 235 Å². The van der Waals surface area contributed by atoms with Crippen LogP contribution in [-0.4, -0.2) is 46.9 Å². The Balaban J connectivity index is 4.75. The summed E-state index contributed by atoms with van der Waals surface area (Å²) in [7, 11) is 0. The number of aliphatic hydroxyl groups excluding tert-OH is 2. The van der Waals surface area contributed by atoms with Gasteiger partial charge in [0.25, 0.3) is 0 Å². The molecule has 0 aliphatic carbocycles. The lowest BCUT2D eigenvalue weighted by Gasteiger charge is -2.23. The molecule has 356 valence electrons. The summed E-state index contributed by atoms with van der Waals surface area (Å²) >= 11 is 0. The zero-order chi connectivity index (χ0) is 45.2. The van der Waals surface area contributed by atoms with Crippen LogP contribution in [0.3, 0.4) is 0 Å². The molecule has 3 unspecified atom stereocenters. The molecule has 0 aromatic heterocycles. The average molecular weight is 864 g/mol. The smallest absolute Gasteiger partial charge is 0.306 e. The molecule has 0 saturated heterocycles. The Labute approximate surface area is 383 Å². The van der Waals surface area contributed by atoms with Crippen molar-refractivity contribution in [3.05, 3.63) is 85.1 Å². The van der Waals surface area contributed by atoms with Gasteiger partial charge >= 0.3 is 5.97 Å². The first-order valence-electron chi connectivity index (χ1n) is 25.8. The van der Waals surface area contributed by atoms with E-state index in [0.29, 0.717) is 19.3 Å². The van der Waals surface area contributed by atoms with Crippen LogP contribution in [0.5, 0.6) is 0 Å². The number of hydrogen-bond donors (Lipinski definition) is 3. The van der Waals surface area contributed by atoms with Crippen LogP contribution in [0.2, 0.25) is 0 Å². The average Bonchev–Trinajstić information content (AvgIpc) is 3.26. The van der Waals surface area contributed by atoms with E-state index >= 15 is 0 Å². The number of ether oxygens (including phenoxy) is 1. The van der Waals surface area contributed by atoms with E-state index in [1.807, 2.05) is 12.2 Å². The van der Waals surface area contributed by atoms with Crippen LogP contribution in [0, 0.1) is 0 Å². The predicted molar refractivity (Wildman–Crippen MR) is 268 cm³/mol. The summed E-state index contributed by atoms with van der Waals surface area (Å²) in [5, 5.41) is 23.7. The number of hydrogen-bond acceptors (Lipinski definition) is 5. The third-order valence-corrected chi connectivity index (χ3v) is 11.2. The number of rotatable bonds is 45. The van der Waals surface area contributed by atoms with Gasteiger partial charge in [-0.25, -0.2) is 0 Å². The van der Waals surface area contributed by atoms with E-state index in [1.165, 1.54) is 122 Å². The van der Waals surface area contributed by atoms with E-state index in [2.05, 4.69) is 92.9 Å². The molecule has 0 aliphatic rings. The number of amides is 1. The highest BCUT2D eigenvalue weighted by Crippen LogP contribution is 2.16. The van der Waals surface area contributed by atoms with Crippen LogP contribution in [0.15, 0.2) is 85.1 Å². The Hall–Kier alpha value is -2.96. The fourth-order valence-corrected chi connectivity index (χ4v) is 7.33. The minimum absolute atomic E-state index is 0.0715. The second kappa shape index (κ2) is 49.1. The molecule has 6 nitrogen and oxygen atoms in total. The second-order valence-corrected chi connectivity index (χ2v) is 17.2. The zero-order valence-corrected chi connectivity index (χ0v) is 40.5. The Morgan fingerprint density at radius 1 is 0.500 bits per heavy atom. The van der Waals surface area contributed by atoms with Gasteiger partial charge in [-0.05, 0) is 70.3 Å². The lowest BCUT2D eigenvalue weighted by molar-refractivity contribution is -0.148.